The minimum Gasteiger partial charge on any atom is -0.308 e. The van der Waals surface area contributed by atoms with Gasteiger partial charge in [-0.1, -0.05) is 30.3 Å². The van der Waals surface area contributed by atoms with Gasteiger partial charge in [0.25, 0.3) is 0 Å². The minimum atomic E-state index is -1.49. The Kier molecular flexibility index (Phi) is 3.65. The summed E-state index contributed by atoms with van der Waals surface area (Å²) in [5.41, 5.74) is 3.01. The molecule has 0 saturated carbocycles. The number of hydrogen-bond donors (Lipinski definition) is 0. The molecule has 1 aliphatic heterocycles. The van der Waals surface area contributed by atoms with E-state index in [0.717, 1.165) is 5.56 Å². The third-order valence-corrected chi connectivity index (χ3v) is 3.83. The van der Waals surface area contributed by atoms with Crippen LogP contribution in [0.3, 0.4) is 0 Å². The van der Waals surface area contributed by atoms with Crippen LogP contribution in [0.1, 0.15) is 11.1 Å². The first-order valence-electron chi connectivity index (χ1n) is 7.15. The quantitative estimate of drug-likeness (QED) is 0.632. The number of carbonyl (C=O) groups is 1. The van der Waals surface area contributed by atoms with Crippen LogP contribution in [0.5, 0.6) is 0 Å². The molecular weight excluding hydrogens is 294 g/mol. The molecule has 3 rings (SSSR count). The predicted molar refractivity (Wildman–Crippen MR) is 88.0 cm³/mol. The van der Waals surface area contributed by atoms with Crippen molar-refractivity contribution in [1.29, 1.82) is 0 Å². The Morgan fingerprint density at radius 2 is 1.91 bits per heavy atom. The second kappa shape index (κ2) is 5.64. The van der Waals surface area contributed by atoms with E-state index >= 15 is 0 Å². The average Bonchev–Trinajstić information content (AvgIpc) is 2.52. The number of hydrogen-bond acceptors (Lipinski definition) is 4. The number of benzene rings is 2. The maximum Gasteiger partial charge on any atom is 0.332 e. The summed E-state index contributed by atoms with van der Waals surface area (Å²) in [6.45, 7) is 1.92. The van der Waals surface area contributed by atoms with Crippen LogP contribution in [0.15, 0.2) is 53.5 Å². The molecule has 0 aromatic heterocycles. The lowest BCUT2D eigenvalue weighted by molar-refractivity contribution is -0.488. The van der Waals surface area contributed by atoms with Crippen LogP contribution in [-0.4, -0.2) is 29.6 Å². The van der Waals surface area contributed by atoms with Crippen molar-refractivity contribution in [2.45, 2.75) is 13.0 Å². The van der Waals surface area contributed by atoms with Crippen molar-refractivity contribution in [3.05, 3.63) is 69.8 Å². The Morgan fingerprint density at radius 3 is 2.61 bits per heavy atom. The van der Waals surface area contributed by atoms with Gasteiger partial charge in [0.05, 0.1) is 11.4 Å². The van der Waals surface area contributed by atoms with Crippen molar-refractivity contribution >= 4 is 23.0 Å². The van der Waals surface area contributed by atoms with Crippen LogP contribution in [0.4, 0.5) is 11.4 Å². The number of likely N-dealkylation sites (N-methyl/N-ethyl adjacent to an activating group) is 1. The van der Waals surface area contributed by atoms with Gasteiger partial charge in [-0.25, -0.2) is 4.99 Å². The lowest BCUT2D eigenvalue weighted by Crippen LogP contribution is -2.50. The van der Waals surface area contributed by atoms with Gasteiger partial charge in [0.1, 0.15) is 5.71 Å². The Balaban J connectivity index is 2.23. The van der Waals surface area contributed by atoms with Crippen LogP contribution in [0.2, 0.25) is 0 Å². The highest BCUT2D eigenvalue weighted by Crippen LogP contribution is 2.30. The van der Waals surface area contributed by atoms with Crippen molar-refractivity contribution in [2.24, 2.45) is 4.99 Å². The number of fused-ring (bicyclic) bond motifs is 1. The zero-order valence-electron chi connectivity index (χ0n) is 12.8. The first-order chi connectivity index (χ1) is 11.0. The minimum absolute atomic E-state index is 0.180. The molecule has 0 fully saturated rings. The molecular formula is C17H15N3O3. The summed E-state index contributed by atoms with van der Waals surface area (Å²) in [5, 5.41) is 11.5. The molecule has 1 atom stereocenters. The van der Waals surface area contributed by atoms with Crippen LogP contribution in [-0.2, 0) is 4.79 Å². The van der Waals surface area contributed by atoms with E-state index in [1.807, 2.05) is 25.1 Å². The number of aryl methyl sites for hydroxylation is 1. The molecule has 23 heavy (non-hydrogen) atoms. The maximum absolute atomic E-state index is 12.4. The van der Waals surface area contributed by atoms with E-state index in [1.165, 1.54) is 4.90 Å². The Morgan fingerprint density at radius 1 is 1.17 bits per heavy atom. The summed E-state index contributed by atoms with van der Waals surface area (Å²) in [6.07, 6.45) is 0. The third-order valence-electron chi connectivity index (χ3n) is 3.83. The second-order valence-electron chi connectivity index (χ2n) is 5.44. The van der Waals surface area contributed by atoms with Crippen LogP contribution in [0.25, 0.3) is 0 Å². The number of anilines is 1. The van der Waals surface area contributed by atoms with E-state index in [2.05, 4.69) is 4.99 Å². The van der Waals surface area contributed by atoms with Gasteiger partial charge in [-0.05, 0) is 30.7 Å². The molecule has 6 nitrogen and oxygen atoms in total. The van der Waals surface area contributed by atoms with Crippen LogP contribution < -0.4 is 4.90 Å². The Bertz CT molecular complexity index is 829. The molecule has 6 heteroatoms. The largest absolute Gasteiger partial charge is 0.332 e. The lowest BCUT2D eigenvalue weighted by Gasteiger charge is -2.28. The van der Waals surface area contributed by atoms with E-state index in [4.69, 9.17) is 0 Å². The molecule has 0 aliphatic carbocycles. The summed E-state index contributed by atoms with van der Waals surface area (Å²) in [6, 6.07) is 12.9. The first-order valence-corrected chi connectivity index (χ1v) is 7.15. The fourth-order valence-corrected chi connectivity index (χ4v) is 2.70. The molecule has 1 aliphatic rings. The maximum atomic E-state index is 12.4. The smallest absolute Gasteiger partial charge is 0.308 e. The van der Waals surface area contributed by atoms with Gasteiger partial charge in [0.15, 0.2) is 0 Å². The summed E-state index contributed by atoms with van der Waals surface area (Å²) in [4.78, 5) is 29.0. The van der Waals surface area contributed by atoms with Gasteiger partial charge >= 0.3 is 11.9 Å². The summed E-state index contributed by atoms with van der Waals surface area (Å²) in [5.74, 6) is -0.583. The summed E-state index contributed by atoms with van der Waals surface area (Å²) >= 11 is 0. The number of aliphatic imine (C=N–C) groups is 1. The van der Waals surface area contributed by atoms with E-state index in [-0.39, 0.29) is 5.71 Å². The molecule has 1 amide bonds. The molecule has 0 saturated heterocycles. The number of amides is 1. The van der Waals surface area contributed by atoms with Crippen molar-refractivity contribution in [2.75, 3.05) is 11.9 Å². The predicted octanol–water partition coefficient (Wildman–Crippen LogP) is 2.74. The van der Waals surface area contributed by atoms with E-state index in [1.54, 1.807) is 37.4 Å². The molecule has 2 aromatic rings. The van der Waals surface area contributed by atoms with Gasteiger partial charge in [-0.3, -0.25) is 14.9 Å². The van der Waals surface area contributed by atoms with Crippen molar-refractivity contribution < 1.29 is 9.72 Å². The molecule has 2 aromatic carbocycles. The van der Waals surface area contributed by atoms with Gasteiger partial charge in [-0.15, -0.1) is 0 Å². The van der Waals surface area contributed by atoms with Gasteiger partial charge in [0, 0.05) is 17.5 Å². The Hall–Kier alpha value is -3.02. The van der Waals surface area contributed by atoms with E-state index < -0.39 is 16.9 Å². The molecule has 1 heterocycles. The number of para-hydroxylation sites is 1. The number of nitrogens with zero attached hydrogens (tertiary/aromatic N) is 3. The zero-order valence-corrected chi connectivity index (χ0v) is 12.8. The molecule has 0 bridgehead atoms. The summed E-state index contributed by atoms with van der Waals surface area (Å²) < 4.78 is 0. The van der Waals surface area contributed by atoms with Crippen molar-refractivity contribution in [3.63, 3.8) is 0 Å². The molecule has 1 unspecified atom stereocenters. The second-order valence-corrected chi connectivity index (χ2v) is 5.44. The highest BCUT2D eigenvalue weighted by atomic mass is 16.6. The lowest BCUT2D eigenvalue weighted by atomic mass is 9.95. The van der Waals surface area contributed by atoms with Crippen molar-refractivity contribution in [1.82, 2.24) is 0 Å². The topological polar surface area (TPSA) is 75.8 Å². The molecule has 0 N–H and O–H groups in total. The molecule has 0 radical (unpaired) electrons. The fraction of sp³-hybridized carbons (Fsp3) is 0.176. The molecule has 0 spiro atoms. The molecule has 116 valence electrons. The number of nitro groups is 1. The normalized spacial score (nSPS) is 18.9. The highest BCUT2D eigenvalue weighted by molar-refractivity contribution is 6.26. The monoisotopic (exact) mass is 309 g/mol. The Labute approximate surface area is 133 Å². The van der Waals surface area contributed by atoms with Crippen LogP contribution in [0, 0.1) is 17.0 Å². The van der Waals surface area contributed by atoms with E-state index in [9.17, 15) is 14.9 Å². The van der Waals surface area contributed by atoms with Gasteiger partial charge in [-0.2, -0.15) is 0 Å². The zero-order chi connectivity index (χ0) is 16.6. The number of carbonyl (C=O) groups excluding carboxylic acids is 1. The number of rotatable bonds is 2. The highest BCUT2D eigenvalue weighted by Gasteiger charge is 2.44. The average molecular weight is 309 g/mol. The van der Waals surface area contributed by atoms with Gasteiger partial charge < -0.3 is 4.90 Å². The third kappa shape index (κ3) is 2.59. The van der Waals surface area contributed by atoms with Crippen molar-refractivity contribution in [3.8, 4) is 0 Å². The van der Waals surface area contributed by atoms with E-state index in [0.29, 0.717) is 16.9 Å². The SMILES string of the molecule is Cc1cccc(N=C2c3ccccc3N(C)C(=O)C2[N+](=O)[O-])c1. The summed E-state index contributed by atoms with van der Waals surface area (Å²) in [7, 11) is 1.54. The van der Waals surface area contributed by atoms with Gasteiger partial charge in [0.2, 0.25) is 0 Å². The first kappa shape index (κ1) is 14.9. The fourth-order valence-electron chi connectivity index (χ4n) is 2.70. The standard InChI is InChI=1S/C17H15N3O3/c1-11-6-5-7-12(10-11)18-15-13-8-3-4-9-14(13)19(2)17(21)16(15)20(22)23/h3-10,16H,1-2H3. The van der Waals surface area contributed by atoms with Crippen LogP contribution >= 0.6 is 0 Å².